The maximum atomic E-state index is 12.8. The summed E-state index contributed by atoms with van der Waals surface area (Å²) in [6, 6.07) is 6.11. The van der Waals surface area contributed by atoms with Crippen LogP contribution < -0.4 is 0 Å². The predicted molar refractivity (Wildman–Crippen MR) is 59.7 cm³/mol. The molecular formula is C12H16FNO. The minimum atomic E-state index is -0.274. The van der Waals surface area contributed by atoms with Crippen molar-refractivity contribution in [2.24, 2.45) is 10.9 Å². The summed E-state index contributed by atoms with van der Waals surface area (Å²) in [6.45, 7) is 4.00. The lowest BCUT2D eigenvalue weighted by Gasteiger charge is -2.12. The Bertz CT molecular complexity index is 336. The van der Waals surface area contributed by atoms with Crippen LogP contribution in [0.2, 0.25) is 0 Å². The summed E-state index contributed by atoms with van der Waals surface area (Å²) < 4.78 is 12.8. The van der Waals surface area contributed by atoms with Crippen molar-refractivity contribution in [1.29, 1.82) is 0 Å². The molecule has 82 valence electrons. The van der Waals surface area contributed by atoms with Crippen molar-refractivity contribution in [3.63, 3.8) is 0 Å². The lowest BCUT2D eigenvalue weighted by atomic mass is 10.1. The highest BCUT2D eigenvalue weighted by molar-refractivity contribution is 5.79. The monoisotopic (exact) mass is 209 g/mol. The topological polar surface area (TPSA) is 32.6 Å². The van der Waals surface area contributed by atoms with Gasteiger partial charge in [-0.3, -0.25) is 4.99 Å². The van der Waals surface area contributed by atoms with Gasteiger partial charge >= 0.3 is 0 Å². The van der Waals surface area contributed by atoms with Crippen LogP contribution in [0.4, 0.5) is 4.39 Å². The number of aliphatic imine (C=N–C) groups is 1. The number of aliphatic hydroxyl groups excluding tert-OH is 1. The number of hydrogen-bond acceptors (Lipinski definition) is 2. The first-order valence-electron chi connectivity index (χ1n) is 5.03. The second-order valence-corrected chi connectivity index (χ2v) is 3.83. The first-order chi connectivity index (χ1) is 7.13. The Morgan fingerprint density at radius 3 is 2.73 bits per heavy atom. The molecule has 0 radical (unpaired) electrons. The molecule has 0 aliphatic heterocycles. The van der Waals surface area contributed by atoms with Crippen molar-refractivity contribution in [3.05, 3.63) is 35.6 Å². The molecule has 0 bridgehead atoms. The van der Waals surface area contributed by atoms with E-state index in [9.17, 15) is 4.39 Å². The minimum Gasteiger partial charge on any atom is -0.394 e. The standard InChI is InChI=1S/C12H16FNO/c1-9(2)12(8-15)14-7-10-4-3-5-11(13)6-10/h3-7,9,12,15H,8H2,1-2H3/t12-/m1/s1. The van der Waals surface area contributed by atoms with Crippen LogP contribution in [0.15, 0.2) is 29.3 Å². The molecule has 0 aliphatic rings. The van der Waals surface area contributed by atoms with E-state index in [1.54, 1.807) is 18.3 Å². The van der Waals surface area contributed by atoms with E-state index < -0.39 is 0 Å². The van der Waals surface area contributed by atoms with E-state index >= 15 is 0 Å². The summed E-state index contributed by atoms with van der Waals surface area (Å²) in [4.78, 5) is 4.21. The van der Waals surface area contributed by atoms with Gasteiger partial charge in [-0.1, -0.05) is 26.0 Å². The SMILES string of the molecule is CC(C)[C@@H](CO)N=Cc1cccc(F)c1. The fourth-order valence-corrected chi connectivity index (χ4v) is 1.20. The molecule has 1 aromatic rings. The minimum absolute atomic E-state index is 0.0173. The Hall–Kier alpha value is -1.22. The molecule has 1 atom stereocenters. The Labute approximate surface area is 89.5 Å². The van der Waals surface area contributed by atoms with Crippen molar-refractivity contribution in [3.8, 4) is 0 Å². The van der Waals surface area contributed by atoms with Crippen LogP contribution in [-0.2, 0) is 0 Å². The second kappa shape index (κ2) is 5.61. The largest absolute Gasteiger partial charge is 0.394 e. The van der Waals surface area contributed by atoms with Gasteiger partial charge in [0.2, 0.25) is 0 Å². The van der Waals surface area contributed by atoms with Crippen LogP contribution in [-0.4, -0.2) is 24.0 Å². The van der Waals surface area contributed by atoms with E-state index in [1.165, 1.54) is 12.1 Å². The van der Waals surface area contributed by atoms with Gasteiger partial charge in [0.1, 0.15) is 5.82 Å². The second-order valence-electron chi connectivity index (χ2n) is 3.83. The van der Waals surface area contributed by atoms with Crippen molar-refractivity contribution < 1.29 is 9.50 Å². The quantitative estimate of drug-likeness (QED) is 0.758. The molecule has 0 spiro atoms. The molecule has 0 aliphatic carbocycles. The van der Waals surface area contributed by atoms with Crippen LogP contribution in [0.5, 0.6) is 0 Å². The van der Waals surface area contributed by atoms with Crippen molar-refractivity contribution in [2.45, 2.75) is 19.9 Å². The summed E-state index contributed by atoms with van der Waals surface area (Å²) >= 11 is 0. The maximum absolute atomic E-state index is 12.8. The molecule has 1 aromatic carbocycles. The average molecular weight is 209 g/mol. The fourth-order valence-electron chi connectivity index (χ4n) is 1.20. The highest BCUT2D eigenvalue weighted by Gasteiger charge is 2.08. The molecule has 0 saturated heterocycles. The van der Waals surface area contributed by atoms with Crippen LogP contribution in [0.3, 0.4) is 0 Å². The van der Waals surface area contributed by atoms with Gasteiger partial charge in [0.15, 0.2) is 0 Å². The van der Waals surface area contributed by atoms with Crippen molar-refractivity contribution >= 4 is 6.21 Å². The van der Waals surface area contributed by atoms with Crippen molar-refractivity contribution in [1.82, 2.24) is 0 Å². The Balaban J connectivity index is 2.71. The summed E-state index contributed by atoms with van der Waals surface area (Å²) in [6.07, 6.45) is 1.60. The zero-order valence-electron chi connectivity index (χ0n) is 9.02. The normalized spacial score (nSPS) is 13.7. The maximum Gasteiger partial charge on any atom is 0.123 e. The van der Waals surface area contributed by atoms with Crippen LogP contribution in [0.25, 0.3) is 0 Å². The molecule has 0 amide bonds. The van der Waals surface area contributed by atoms with Gasteiger partial charge in [0.05, 0.1) is 12.6 Å². The van der Waals surface area contributed by atoms with Gasteiger partial charge in [0, 0.05) is 6.21 Å². The summed E-state index contributed by atoms with van der Waals surface area (Å²) in [5, 5.41) is 9.04. The van der Waals surface area contributed by atoms with Crippen LogP contribution >= 0.6 is 0 Å². The Morgan fingerprint density at radius 1 is 1.47 bits per heavy atom. The molecule has 0 aromatic heterocycles. The molecule has 0 heterocycles. The Morgan fingerprint density at radius 2 is 2.20 bits per heavy atom. The number of rotatable bonds is 4. The molecule has 0 fully saturated rings. The predicted octanol–water partition coefficient (Wildman–Crippen LogP) is 2.26. The molecule has 1 N–H and O–H groups in total. The highest BCUT2D eigenvalue weighted by atomic mass is 19.1. The van der Waals surface area contributed by atoms with E-state index in [2.05, 4.69) is 4.99 Å². The van der Waals surface area contributed by atoms with E-state index in [0.29, 0.717) is 5.56 Å². The molecule has 0 unspecified atom stereocenters. The van der Waals surface area contributed by atoms with E-state index in [-0.39, 0.29) is 24.4 Å². The molecule has 2 nitrogen and oxygen atoms in total. The molecular weight excluding hydrogens is 193 g/mol. The molecule has 0 saturated carbocycles. The third kappa shape index (κ3) is 3.80. The summed E-state index contributed by atoms with van der Waals surface area (Å²) in [5.41, 5.74) is 0.717. The number of halogens is 1. The van der Waals surface area contributed by atoms with Gasteiger partial charge < -0.3 is 5.11 Å². The zero-order chi connectivity index (χ0) is 11.3. The first kappa shape index (κ1) is 11.9. The zero-order valence-corrected chi connectivity index (χ0v) is 9.02. The van der Waals surface area contributed by atoms with Crippen molar-refractivity contribution in [2.75, 3.05) is 6.61 Å². The average Bonchev–Trinajstić information content (AvgIpc) is 2.18. The molecule has 15 heavy (non-hydrogen) atoms. The molecule has 3 heteroatoms. The number of benzene rings is 1. The van der Waals surface area contributed by atoms with E-state index in [4.69, 9.17) is 5.11 Å². The number of nitrogens with zero attached hydrogens (tertiary/aromatic N) is 1. The van der Waals surface area contributed by atoms with Crippen LogP contribution in [0.1, 0.15) is 19.4 Å². The van der Waals surface area contributed by atoms with Gasteiger partial charge in [-0.25, -0.2) is 4.39 Å². The van der Waals surface area contributed by atoms with E-state index in [0.717, 1.165) is 0 Å². The van der Waals surface area contributed by atoms with Crippen LogP contribution in [0, 0.1) is 11.7 Å². The highest BCUT2D eigenvalue weighted by Crippen LogP contribution is 2.06. The first-order valence-corrected chi connectivity index (χ1v) is 5.03. The van der Waals surface area contributed by atoms with Gasteiger partial charge in [-0.2, -0.15) is 0 Å². The fraction of sp³-hybridized carbons (Fsp3) is 0.417. The smallest absolute Gasteiger partial charge is 0.123 e. The van der Waals surface area contributed by atoms with Gasteiger partial charge in [0.25, 0.3) is 0 Å². The van der Waals surface area contributed by atoms with E-state index in [1.807, 2.05) is 13.8 Å². The lowest BCUT2D eigenvalue weighted by molar-refractivity contribution is 0.240. The summed E-state index contributed by atoms with van der Waals surface area (Å²) in [5.74, 6) is 0.00357. The number of hydrogen-bond donors (Lipinski definition) is 1. The summed E-state index contributed by atoms with van der Waals surface area (Å²) in [7, 11) is 0. The lowest BCUT2D eigenvalue weighted by Crippen LogP contribution is -2.17. The Kier molecular flexibility index (Phi) is 4.43. The molecule has 1 rings (SSSR count). The third-order valence-electron chi connectivity index (χ3n) is 2.22. The number of aliphatic hydroxyl groups is 1. The third-order valence-corrected chi connectivity index (χ3v) is 2.22. The van der Waals surface area contributed by atoms with Gasteiger partial charge in [-0.05, 0) is 23.6 Å². The van der Waals surface area contributed by atoms with Gasteiger partial charge in [-0.15, -0.1) is 0 Å².